The van der Waals surface area contributed by atoms with E-state index in [-0.39, 0.29) is 12.5 Å². The monoisotopic (exact) mass is 196 g/mol. The Labute approximate surface area is 80.8 Å². The normalized spacial score (nSPS) is 20.5. The second-order valence-electron chi connectivity index (χ2n) is 3.54. The van der Waals surface area contributed by atoms with E-state index in [0.29, 0.717) is 25.1 Å². The molecule has 0 saturated heterocycles. The summed E-state index contributed by atoms with van der Waals surface area (Å²) in [5.74, 6) is -0.536. The van der Waals surface area contributed by atoms with Gasteiger partial charge >= 0.3 is 5.97 Å². The van der Waals surface area contributed by atoms with Crippen LogP contribution in [-0.4, -0.2) is 26.2 Å². The Hall–Kier alpha value is -1.36. The molecule has 0 spiro atoms. The molecule has 76 valence electrons. The lowest BCUT2D eigenvalue weighted by molar-refractivity contribution is -0.142. The van der Waals surface area contributed by atoms with Gasteiger partial charge in [0, 0.05) is 12.1 Å². The summed E-state index contributed by atoms with van der Waals surface area (Å²) in [5, 5.41) is 17.7. The van der Waals surface area contributed by atoms with E-state index >= 15 is 0 Å². The Bertz CT molecular complexity index is 359. The second-order valence-corrected chi connectivity index (χ2v) is 3.54. The summed E-state index contributed by atoms with van der Waals surface area (Å²) in [4.78, 5) is 17.9. The molecule has 2 rings (SSSR count). The molecule has 5 nitrogen and oxygen atoms in total. The fraction of sp³-hybridized carbons (Fsp3) is 0.556. The molecule has 1 atom stereocenters. The molecule has 0 fully saturated rings. The minimum atomic E-state index is -0.754. The summed E-state index contributed by atoms with van der Waals surface area (Å²) in [6.07, 6.45) is 1.82. The van der Waals surface area contributed by atoms with Gasteiger partial charge in [-0.3, -0.25) is 4.79 Å². The van der Waals surface area contributed by atoms with Crippen LogP contribution in [0.5, 0.6) is 0 Å². The van der Waals surface area contributed by atoms with Crippen molar-refractivity contribution in [2.75, 3.05) is 0 Å². The molecule has 1 aliphatic carbocycles. The molecule has 0 saturated carbocycles. The Morgan fingerprint density at radius 1 is 1.64 bits per heavy atom. The molecule has 1 heterocycles. The molecule has 0 amide bonds. The zero-order chi connectivity index (χ0) is 10.1. The number of carboxylic acids is 1. The van der Waals surface area contributed by atoms with Gasteiger partial charge < -0.3 is 15.2 Å². The Morgan fingerprint density at radius 2 is 2.43 bits per heavy atom. The summed E-state index contributed by atoms with van der Waals surface area (Å²) in [7, 11) is 0. The first-order chi connectivity index (χ1) is 6.70. The highest BCUT2D eigenvalue weighted by atomic mass is 16.4. The van der Waals surface area contributed by atoms with Crippen molar-refractivity contribution >= 4 is 5.97 Å². The first-order valence-electron chi connectivity index (χ1n) is 4.61. The van der Waals surface area contributed by atoms with Crippen LogP contribution in [-0.2, 0) is 24.2 Å². The topological polar surface area (TPSA) is 86.2 Å². The number of nitrogens with one attached hydrogen (secondary N) is 1. The van der Waals surface area contributed by atoms with Crippen molar-refractivity contribution in [1.29, 1.82) is 0 Å². The Balaban J connectivity index is 2.21. The number of carboxylic acid groups (broad SMARTS) is 1. The zero-order valence-corrected chi connectivity index (χ0v) is 7.66. The lowest BCUT2D eigenvalue weighted by Crippen LogP contribution is -2.22. The van der Waals surface area contributed by atoms with Crippen molar-refractivity contribution in [3.8, 4) is 0 Å². The SMILES string of the molecule is O=C(O)C1CCc2nc(CO)[nH]c2C1. The van der Waals surface area contributed by atoms with Crippen LogP contribution in [0.3, 0.4) is 0 Å². The molecule has 14 heavy (non-hydrogen) atoms. The molecule has 0 bridgehead atoms. The predicted molar refractivity (Wildman–Crippen MR) is 47.7 cm³/mol. The molecule has 0 aliphatic heterocycles. The van der Waals surface area contributed by atoms with Crippen LogP contribution in [0.2, 0.25) is 0 Å². The second kappa shape index (κ2) is 3.42. The van der Waals surface area contributed by atoms with Gasteiger partial charge in [0.2, 0.25) is 0 Å². The molecule has 1 aromatic heterocycles. The fourth-order valence-corrected chi connectivity index (χ4v) is 1.83. The summed E-state index contributed by atoms with van der Waals surface area (Å²) in [6, 6.07) is 0. The van der Waals surface area contributed by atoms with Crippen LogP contribution in [0.4, 0.5) is 0 Å². The number of aliphatic carboxylic acids is 1. The number of imidazole rings is 1. The highest BCUT2D eigenvalue weighted by molar-refractivity contribution is 5.70. The van der Waals surface area contributed by atoms with Gasteiger partial charge in [-0.25, -0.2) is 4.98 Å². The number of aliphatic hydroxyl groups excluding tert-OH is 1. The molecule has 1 unspecified atom stereocenters. The third-order valence-electron chi connectivity index (χ3n) is 2.59. The molecule has 0 radical (unpaired) electrons. The average molecular weight is 196 g/mol. The third-order valence-corrected chi connectivity index (χ3v) is 2.59. The number of aryl methyl sites for hydroxylation is 1. The van der Waals surface area contributed by atoms with E-state index in [1.165, 1.54) is 0 Å². The maximum absolute atomic E-state index is 10.8. The van der Waals surface area contributed by atoms with Crippen LogP contribution in [0.15, 0.2) is 0 Å². The molecular formula is C9H12N2O3. The zero-order valence-electron chi connectivity index (χ0n) is 7.66. The lowest BCUT2D eigenvalue weighted by Gasteiger charge is -2.16. The summed E-state index contributed by atoms with van der Waals surface area (Å²) in [6.45, 7) is -0.120. The van der Waals surface area contributed by atoms with E-state index in [4.69, 9.17) is 10.2 Å². The van der Waals surface area contributed by atoms with Crippen molar-refractivity contribution in [2.45, 2.75) is 25.9 Å². The highest BCUT2D eigenvalue weighted by Gasteiger charge is 2.26. The number of aromatic amines is 1. The predicted octanol–water partition coefficient (Wildman–Crippen LogP) is 0.0915. The van der Waals surface area contributed by atoms with Crippen molar-refractivity contribution in [1.82, 2.24) is 9.97 Å². The lowest BCUT2D eigenvalue weighted by atomic mass is 9.90. The van der Waals surface area contributed by atoms with Crippen molar-refractivity contribution in [2.24, 2.45) is 5.92 Å². The van der Waals surface area contributed by atoms with Gasteiger partial charge in [0.1, 0.15) is 12.4 Å². The maximum Gasteiger partial charge on any atom is 0.306 e. The number of aromatic nitrogens is 2. The standard InChI is InChI=1S/C9H12N2O3/c12-4-8-10-6-2-1-5(9(13)14)3-7(6)11-8/h5,12H,1-4H2,(H,10,11)(H,13,14). The number of hydrogen-bond acceptors (Lipinski definition) is 3. The van der Waals surface area contributed by atoms with E-state index in [1.54, 1.807) is 0 Å². The third kappa shape index (κ3) is 1.50. The molecular weight excluding hydrogens is 184 g/mol. The number of aliphatic hydroxyl groups is 1. The Kier molecular flexibility index (Phi) is 2.25. The molecule has 1 aromatic rings. The van der Waals surface area contributed by atoms with E-state index in [9.17, 15) is 4.79 Å². The average Bonchev–Trinajstić information content (AvgIpc) is 2.58. The Morgan fingerprint density at radius 3 is 3.07 bits per heavy atom. The van der Waals surface area contributed by atoms with Crippen LogP contribution in [0, 0.1) is 5.92 Å². The van der Waals surface area contributed by atoms with Crippen molar-refractivity contribution < 1.29 is 15.0 Å². The van der Waals surface area contributed by atoms with Crippen molar-refractivity contribution in [3.05, 3.63) is 17.2 Å². The molecule has 1 aliphatic rings. The minimum absolute atomic E-state index is 0.120. The number of H-pyrrole nitrogens is 1. The fourth-order valence-electron chi connectivity index (χ4n) is 1.83. The number of rotatable bonds is 2. The molecule has 5 heteroatoms. The summed E-state index contributed by atoms with van der Waals surface area (Å²) >= 11 is 0. The van der Waals surface area contributed by atoms with Gasteiger partial charge in [-0.15, -0.1) is 0 Å². The minimum Gasteiger partial charge on any atom is -0.481 e. The maximum atomic E-state index is 10.8. The number of hydrogen-bond donors (Lipinski definition) is 3. The van der Waals surface area contributed by atoms with Gasteiger partial charge in [0.05, 0.1) is 11.6 Å². The number of carbonyl (C=O) groups is 1. The van der Waals surface area contributed by atoms with Crippen LogP contribution in [0.1, 0.15) is 23.6 Å². The van der Waals surface area contributed by atoms with E-state index in [1.807, 2.05) is 0 Å². The summed E-state index contributed by atoms with van der Waals surface area (Å²) < 4.78 is 0. The van der Waals surface area contributed by atoms with Crippen molar-refractivity contribution in [3.63, 3.8) is 0 Å². The van der Waals surface area contributed by atoms with Gasteiger partial charge in [0.15, 0.2) is 0 Å². The van der Waals surface area contributed by atoms with E-state index < -0.39 is 5.97 Å². The van der Waals surface area contributed by atoms with Crippen LogP contribution >= 0.6 is 0 Å². The van der Waals surface area contributed by atoms with E-state index in [2.05, 4.69) is 9.97 Å². The van der Waals surface area contributed by atoms with Crippen LogP contribution in [0.25, 0.3) is 0 Å². The molecule has 3 N–H and O–H groups in total. The number of fused-ring (bicyclic) bond motifs is 1. The smallest absolute Gasteiger partial charge is 0.306 e. The van der Waals surface area contributed by atoms with Crippen LogP contribution < -0.4 is 0 Å². The van der Waals surface area contributed by atoms with Gasteiger partial charge in [-0.05, 0) is 12.8 Å². The van der Waals surface area contributed by atoms with Gasteiger partial charge in [-0.1, -0.05) is 0 Å². The number of nitrogens with zero attached hydrogens (tertiary/aromatic N) is 1. The highest BCUT2D eigenvalue weighted by Crippen LogP contribution is 2.23. The largest absolute Gasteiger partial charge is 0.481 e. The quantitative estimate of drug-likeness (QED) is 0.625. The first kappa shape index (κ1) is 9.21. The van der Waals surface area contributed by atoms with E-state index in [0.717, 1.165) is 11.4 Å². The van der Waals surface area contributed by atoms with Gasteiger partial charge in [-0.2, -0.15) is 0 Å². The van der Waals surface area contributed by atoms with Gasteiger partial charge in [0.25, 0.3) is 0 Å². The molecule has 0 aromatic carbocycles. The summed E-state index contributed by atoms with van der Waals surface area (Å²) in [5.41, 5.74) is 1.78. The first-order valence-corrected chi connectivity index (χ1v) is 4.61.